The van der Waals surface area contributed by atoms with Crippen LogP contribution in [-0.2, 0) is 15.7 Å². The van der Waals surface area contributed by atoms with Gasteiger partial charge in [-0.1, -0.05) is 50.1 Å². The van der Waals surface area contributed by atoms with E-state index < -0.39 is 46.5 Å². The second kappa shape index (κ2) is 10.2. The van der Waals surface area contributed by atoms with E-state index >= 15 is 0 Å². The van der Waals surface area contributed by atoms with Crippen LogP contribution < -0.4 is 5.32 Å². The minimum Gasteiger partial charge on any atom is -0.323 e. The molecule has 6 nitrogen and oxygen atoms in total. The zero-order chi connectivity index (χ0) is 22.6. The molecule has 1 amide bonds. The van der Waals surface area contributed by atoms with Gasteiger partial charge in [0.1, 0.15) is 6.10 Å². The van der Waals surface area contributed by atoms with E-state index in [9.17, 15) is 28.1 Å². The summed E-state index contributed by atoms with van der Waals surface area (Å²) in [6.07, 6.45) is 0.986. The number of nitrogens with zero attached hydrogens (tertiary/aromatic N) is 1. The highest BCUT2D eigenvalue weighted by Gasteiger charge is 2.49. The van der Waals surface area contributed by atoms with Crippen molar-refractivity contribution < 1.29 is 27.6 Å². The maximum Gasteiger partial charge on any atom is 0.418 e. The Bertz CT molecular complexity index is 795. The molecule has 1 saturated heterocycles. The normalized spacial score (nSPS) is 26.0. The molecule has 172 valence electrons. The van der Waals surface area contributed by atoms with Gasteiger partial charge in [-0.15, -0.1) is 0 Å². The van der Waals surface area contributed by atoms with Crippen molar-refractivity contribution >= 4 is 23.2 Å². The highest BCUT2D eigenvalue weighted by Crippen LogP contribution is 2.40. The lowest BCUT2D eigenvalue weighted by Crippen LogP contribution is -2.32. The van der Waals surface area contributed by atoms with Gasteiger partial charge in [0.15, 0.2) is 0 Å². The Hall–Kier alpha value is -1.87. The van der Waals surface area contributed by atoms with Crippen LogP contribution in [0.25, 0.3) is 0 Å². The van der Waals surface area contributed by atoms with Gasteiger partial charge in [0.05, 0.1) is 22.1 Å². The van der Waals surface area contributed by atoms with Gasteiger partial charge in [0.2, 0.25) is 0 Å². The topological polar surface area (TPSA) is 81.5 Å². The lowest BCUT2D eigenvalue weighted by atomic mass is 9.81. The fourth-order valence-electron chi connectivity index (χ4n) is 4.65. The van der Waals surface area contributed by atoms with Crippen molar-refractivity contribution in [2.45, 2.75) is 76.3 Å². The number of hydrogen-bond donors (Lipinski definition) is 1. The molecule has 1 aliphatic carbocycles. The molecule has 1 aromatic rings. The number of hydrogen-bond acceptors (Lipinski definition) is 4. The zero-order valence-electron chi connectivity index (χ0n) is 17.0. The van der Waals surface area contributed by atoms with Crippen molar-refractivity contribution in [3.63, 3.8) is 0 Å². The van der Waals surface area contributed by atoms with E-state index in [0.717, 1.165) is 63.5 Å². The fourth-order valence-corrected chi connectivity index (χ4v) is 4.83. The molecule has 2 aliphatic rings. The summed E-state index contributed by atoms with van der Waals surface area (Å²) in [4.78, 5) is 23.8. The third-order valence-corrected chi connectivity index (χ3v) is 6.44. The molecule has 1 aliphatic heterocycles. The van der Waals surface area contributed by atoms with Gasteiger partial charge in [0, 0.05) is 5.02 Å². The number of halogens is 4. The number of nitrogens with one attached hydrogen (secondary N) is 1. The summed E-state index contributed by atoms with van der Waals surface area (Å²) in [7, 11) is 0. The number of benzene rings is 1. The second-order valence-corrected chi connectivity index (χ2v) is 8.77. The highest BCUT2D eigenvalue weighted by atomic mass is 35.5. The number of rotatable bonds is 4. The van der Waals surface area contributed by atoms with Crippen LogP contribution in [0.15, 0.2) is 18.2 Å². The molecule has 0 spiro atoms. The Morgan fingerprint density at radius 1 is 1.13 bits per heavy atom. The maximum absolute atomic E-state index is 13.3. The molecule has 1 aromatic carbocycles. The van der Waals surface area contributed by atoms with E-state index in [4.69, 9.17) is 16.3 Å². The predicted molar refractivity (Wildman–Crippen MR) is 109 cm³/mol. The van der Waals surface area contributed by atoms with E-state index in [1.54, 1.807) is 0 Å². The minimum atomic E-state index is -4.71. The first-order chi connectivity index (χ1) is 14.7. The van der Waals surface area contributed by atoms with Crippen LogP contribution in [0.2, 0.25) is 5.02 Å². The largest absolute Gasteiger partial charge is 0.418 e. The maximum atomic E-state index is 13.3. The first kappa shape index (κ1) is 23.8. The molecule has 1 N–H and O–H groups in total. The molecule has 2 fully saturated rings. The van der Waals surface area contributed by atoms with Crippen molar-refractivity contribution in [2.75, 3.05) is 5.32 Å². The van der Waals surface area contributed by atoms with Crippen LogP contribution in [-0.4, -0.2) is 23.2 Å². The van der Waals surface area contributed by atoms with Gasteiger partial charge < -0.3 is 10.1 Å². The average molecular weight is 463 g/mol. The van der Waals surface area contributed by atoms with Gasteiger partial charge in [-0.05, 0) is 43.4 Å². The molecule has 0 bridgehead atoms. The third-order valence-electron chi connectivity index (χ3n) is 6.21. The summed E-state index contributed by atoms with van der Waals surface area (Å²) in [5.74, 6) is -1.19. The van der Waals surface area contributed by atoms with Crippen molar-refractivity contribution in [2.24, 2.45) is 11.8 Å². The van der Waals surface area contributed by atoms with E-state index in [2.05, 4.69) is 5.32 Å². The summed E-state index contributed by atoms with van der Waals surface area (Å²) < 4.78 is 45.4. The van der Waals surface area contributed by atoms with Crippen LogP contribution in [0.4, 0.5) is 18.9 Å². The monoisotopic (exact) mass is 462 g/mol. The first-order valence-corrected chi connectivity index (χ1v) is 11.0. The Balaban J connectivity index is 1.75. The quantitative estimate of drug-likeness (QED) is 0.436. The third kappa shape index (κ3) is 6.10. The van der Waals surface area contributed by atoms with Crippen LogP contribution in [0.5, 0.6) is 0 Å². The molecule has 3 rings (SSSR count). The smallest absolute Gasteiger partial charge is 0.323 e. The predicted octanol–water partition coefficient (Wildman–Crippen LogP) is 6.06. The number of alkyl halides is 3. The molecule has 3 unspecified atom stereocenters. The first-order valence-electron chi connectivity index (χ1n) is 10.6. The molecule has 31 heavy (non-hydrogen) atoms. The van der Waals surface area contributed by atoms with Crippen LogP contribution in [0.3, 0.4) is 0 Å². The van der Waals surface area contributed by atoms with E-state index in [0.29, 0.717) is 0 Å². The van der Waals surface area contributed by atoms with Gasteiger partial charge in [-0.25, -0.2) is 0 Å². The van der Waals surface area contributed by atoms with Crippen LogP contribution in [0, 0.1) is 22.0 Å². The molecular formula is C21H26ClF3N2O4. The summed E-state index contributed by atoms with van der Waals surface area (Å²) in [5, 5.41) is 13.7. The number of anilines is 1. The summed E-state index contributed by atoms with van der Waals surface area (Å²) in [5.41, 5.74) is -1.53. The van der Waals surface area contributed by atoms with Gasteiger partial charge >= 0.3 is 12.4 Å². The molecule has 10 heteroatoms. The molecule has 0 aromatic heterocycles. The molecule has 1 saturated carbocycles. The van der Waals surface area contributed by atoms with E-state index in [-0.39, 0.29) is 17.4 Å². The number of carbonyl (C=O) groups is 1. The minimum absolute atomic E-state index is 0.0626. The Kier molecular flexibility index (Phi) is 7.80. The zero-order valence-corrected chi connectivity index (χ0v) is 17.8. The molecule has 0 radical (unpaired) electrons. The number of ether oxygens (including phenoxy) is 1. The number of nitro groups is 1. The Morgan fingerprint density at radius 2 is 1.74 bits per heavy atom. The van der Waals surface area contributed by atoms with Crippen LogP contribution >= 0.6 is 11.6 Å². The van der Waals surface area contributed by atoms with E-state index in [1.165, 1.54) is 6.07 Å². The van der Waals surface area contributed by atoms with Crippen LogP contribution in [0.1, 0.15) is 63.4 Å². The van der Waals surface area contributed by atoms with Gasteiger partial charge in [-0.3, -0.25) is 14.9 Å². The standard InChI is InChI=1S/C21H26ClF3N2O4/c22-14-9-10-17(16(11-14)21(23,24)25)26-19(28)18-12-15(20(31-18)27(29)30)13-7-5-3-1-2-4-6-8-13/h9-11,13,15,18,20H,1-8,12H2,(H,26,28). The van der Waals surface area contributed by atoms with Gasteiger partial charge in [0.25, 0.3) is 5.91 Å². The van der Waals surface area contributed by atoms with Crippen molar-refractivity contribution in [1.29, 1.82) is 0 Å². The summed E-state index contributed by atoms with van der Waals surface area (Å²) >= 11 is 5.67. The van der Waals surface area contributed by atoms with Crippen molar-refractivity contribution in [3.05, 3.63) is 38.9 Å². The number of amides is 1. The Labute approximate surface area is 183 Å². The molecule has 1 heterocycles. The van der Waals surface area contributed by atoms with E-state index in [1.807, 2.05) is 0 Å². The lowest BCUT2D eigenvalue weighted by molar-refractivity contribution is -0.580. The van der Waals surface area contributed by atoms with Gasteiger partial charge in [-0.2, -0.15) is 13.2 Å². The second-order valence-electron chi connectivity index (χ2n) is 8.34. The molecule has 3 atom stereocenters. The van der Waals surface area contributed by atoms with Crippen molar-refractivity contribution in [3.8, 4) is 0 Å². The number of carbonyl (C=O) groups excluding carboxylic acids is 1. The average Bonchev–Trinajstić information content (AvgIpc) is 3.18. The highest BCUT2D eigenvalue weighted by molar-refractivity contribution is 6.30. The van der Waals surface area contributed by atoms with Crippen molar-refractivity contribution in [1.82, 2.24) is 0 Å². The lowest BCUT2D eigenvalue weighted by Gasteiger charge is -2.22. The fraction of sp³-hybridized carbons (Fsp3) is 0.667. The molecular weight excluding hydrogens is 437 g/mol. The SMILES string of the molecule is O=C(Nc1ccc(Cl)cc1C(F)(F)F)C1CC(C2CCCCCCCC2)C([N+](=O)[O-])O1. The summed E-state index contributed by atoms with van der Waals surface area (Å²) in [6, 6.07) is 3.04. The summed E-state index contributed by atoms with van der Waals surface area (Å²) in [6.45, 7) is 0. The Morgan fingerprint density at radius 3 is 2.32 bits per heavy atom.